The first kappa shape index (κ1) is 17.0. The molecule has 3 heteroatoms. The van der Waals surface area contributed by atoms with Crippen LogP contribution < -0.4 is 5.32 Å². The highest BCUT2D eigenvalue weighted by Gasteiger charge is 2.16. The first-order valence-corrected chi connectivity index (χ1v) is 9.17. The van der Waals surface area contributed by atoms with Gasteiger partial charge in [-0.2, -0.15) is 0 Å². The predicted octanol–water partition coefficient (Wildman–Crippen LogP) is 4.71. The van der Waals surface area contributed by atoms with Crippen LogP contribution in [0.25, 0.3) is 0 Å². The summed E-state index contributed by atoms with van der Waals surface area (Å²) in [6.07, 6.45) is 9.06. The van der Waals surface area contributed by atoms with Crippen molar-refractivity contribution in [2.75, 3.05) is 13.2 Å². The quantitative estimate of drug-likeness (QED) is 0.694. The number of rotatable bonds is 9. The lowest BCUT2D eigenvalue weighted by atomic mass is 9.99. The first-order valence-electron chi connectivity index (χ1n) is 8.38. The lowest BCUT2D eigenvalue weighted by molar-refractivity contribution is 0.101. The number of ether oxygens (including phenoxy) is 1. The van der Waals surface area contributed by atoms with Crippen molar-refractivity contribution in [2.24, 2.45) is 0 Å². The van der Waals surface area contributed by atoms with E-state index in [0.29, 0.717) is 12.1 Å². The van der Waals surface area contributed by atoms with Crippen molar-refractivity contribution in [2.45, 2.75) is 64.0 Å². The number of hydrogen-bond acceptors (Lipinski definition) is 2. The van der Waals surface area contributed by atoms with Crippen LogP contribution in [0.5, 0.6) is 0 Å². The zero-order chi connectivity index (χ0) is 14.9. The molecule has 21 heavy (non-hydrogen) atoms. The van der Waals surface area contributed by atoms with Crippen molar-refractivity contribution in [3.8, 4) is 0 Å². The molecule has 0 aliphatic carbocycles. The second kappa shape index (κ2) is 9.60. The average Bonchev–Trinajstić information content (AvgIpc) is 3.00. The van der Waals surface area contributed by atoms with Crippen LogP contribution in [0.1, 0.15) is 51.0 Å². The summed E-state index contributed by atoms with van der Waals surface area (Å²) in [6, 6.07) is 9.15. The van der Waals surface area contributed by atoms with Crippen molar-refractivity contribution in [1.82, 2.24) is 5.32 Å². The van der Waals surface area contributed by atoms with Gasteiger partial charge in [0.15, 0.2) is 0 Å². The molecular weight excluding hydrogens is 326 g/mol. The summed E-state index contributed by atoms with van der Waals surface area (Å²) >= 11 is 3.67. The van der Waals surface area contributed by atoms with E-state index in [-0.39, 0.29) is 0 Å². The van der Waals surface area contributed by atoms with E-state index in [1.807, 2.05) is 0 Å². The maximum Gasteiger partial charge on any atom is 0.0576 e. The zero-order valence-corrected chi connectivity index (χ0v) is 14.7. The van der Waals surface area contributed by atoms with E-state index in [2.05, 4.69) is 52.4 Å². The minimum atomic E-state index is 0.528. The molecule has 1 fully saturated rings. The average molecular weight is 354 g/mol. The Kier molecular flexibility index (Phi) is 7.76. The van der Waals surface area contributed by atoms with Crippen LogP contribution in [-0.4, -0.2) is 25.3 Å². The Hall–Kier alpha value is -0.380. The molecule has 0 amide bonds. The molecule has 2 nitrogen and oxygen atoms in total. The van der Waals surface area contributed by atoms with Crippen LogP contribution in [0.15, 0.2) is 28.7 Å². The van der Waals surface area contributed by atoms with Gasteiger partial charge in [-0.1, -0.05) is 41.1 Å². The highest BCUT2D eigenvalue weighted by molar-refractivity contribution is 9.10. The summed E-state index contributed by atoms with van der Waals surface area (Å²) < 4.78 is 6.95. The third kappa shape index (κ3) is 6.09. The summed E-state index contributed by atoms with van der Waals surface area (Å²) in [6.45, 7) is 4.31. The Morgan fingerprint density at radius 1 is 1.38 bits per heavy atom. The maximum absolute atomic E-state index is 5.73. The third-order valence-electron chi connectivity index (χ3n) is 4.21. The molecule has 1 saturated heterocycles. The van der Waals surface area contributed by atoms with Crippen LogP contribution in [-0.2, 0) is 11.2 Å². The zero-order valence-electron chi connectivity index (χ0n) is 13.1. The maximum atomic E-state index is 5.73. The van der Waals surface area contributed by atoms with Crippen LogP contribution in [0.2, 0.25) is 0 Å². The van der Waals surface area contributed by atoms with Crippen LogP contribution >= 0.6 is 15.9 Å². The first-order chi connectivity index (χ1) is 10.3. The van der Waals surface area contributed by atoms with E-state index in [9.17, 15) is 0 Å². The summed E-state index contributed by atoms with van der Waals surface area (Å²) in [7, 11) is 0. The van der Waals surface area contributed by atoms with Gasteiger partial charge >= 0.3 is 0 Å². The molecule has 0 aromatic heterocycles. The molecule has 1 aromatic carbocycles. The van der Waals surface area contributed by atoms with Crippen molar-refractivity contribution in [3.63, 3.8) is 0 Å². The summed E-state index contributed by atoms with van der Waals surface area (Å²) in [5.41, 5.74) is 1.41. The van der Waals surface area contributed by atoms with E-state index in [0.717, 1.165) is 19.6 Å². The van der Waals surface area contributed by atoms with Crippen molar-refractivity contribution in [3.05, 3.63) is 34.3 Å². The fourth-order valence-corrected chi connectivity index (χ4v) is 3.46. The van der Waals surface area contributed by atoms with Gasteiger partial charge in [0.1, 0.15) is 0 Å². The molecule has 1 aliphatic rings. The molecule has 2 atom stereocenters. The highest BCUT2D eigenvalue weighted by atomic mass is 79.9. The van der Waals surface area contributed by atoms with Gasteiger partial charge in [-0.3, -0.25) is 0 Å². The van der Waals surface area contributed by atoms with Crippen LogP contribution in [0.4, 0.5) is 0 Å². The summed E-state index contributed by atoms with van der Waals surface area (Å²) in [5.74, 6) is 0. The normalized spacial score (nSPS) is 19.8. The summed E-state index contributed by atoms with van der Waals surface area (Å²) in [5, 5.41) is 3.71. The Morgan fingerprint density at radius 2 is 2.24 bits per heavy atom. The monoisotopic (exact) mass is 353 g/mol. The molecule has 0 saturated carbocycles. The summed E-state index contributed by atoms with van der Waals surface area (Å²) in [4.78, 5) is 0. The van der Waals surface area contributed by atoms with Gasteiger partial charge in [0, 0.05) is 17.1 Å². The van der Waals surface area contributed by atoms with Crippen molar-refractivity contribution < 1.29 is 4.74 Å². The smallest absolute Gasteiger partial charge is 0.0576 e. The van der Waals surface area contributed by atoms with Crippen molar-refractivity contribution in [1.29, 1.82) is 0 Å². The second-order valence-corrected chi connectivity index (χ2v) is 6.87. The molecule has 1 aliphatic heterocycles. The fourth-order valence-electron chi connectivity index (χ4n) is 3.02. The van der Waals surface area contributed by atoms with Gasteiger partial charge in [-0.05, 0) is 63.1 Å². The molecule has 1 aromatic rings. The second-order valence-electron chi connectivity index (χ2n) is 6.01. The molecular formula is C18H28BrNO. The molecule has 118 valence electrons. The highest BCUT2D eigenvalue weighted by Crippen LogP contribution is 2.21. The van der Waals surface area contributed by atoms with Gasteiger partial charge in [0.05, 0.1) is 6.10 Å². The Bertz CT molecular complexity index is 404. The van der Waals surface area contributed by atoms with Crippen LogP contribution in [0.3, 0.4) is 0 Å². The molecule has 2 unspecified atom stereocenters. The van der Waals surface area contributed by atoms with Gasteiger partial charge in [0.2, 0.25) is 0 Å². The molecule has 0 radical (unpaired) electrons. The fraction of sp³-hybridized carbons (Fsp3) is 0.667. The third-order valence-corrected chi connectivity index (χ3v) is 4.98. The molecule has 1 N–H and O–H groups in total. The Labute approximate surface area is 137 Å². The van der Waals surface area contributed by atoms with Gasteiger partial charge < -0.3 is 10.1 Å². The standard InChI is InChI=1S/C18H28BrNO/c1-2-12-20-16(8-5-9-17-10-6-13-21-17)14-15-7-3-4-11-18(15)19/h3-4,7,11,16-17,20H,2,5-6,8-10,12-14H2,1H3. The van der Waals surface area contributed by atoms with Gasteiger partial charge in [-0.25, -0.2) is 0 Å². The van der Waals surface area contributed by atoms with Gasteiger partial charge in [0.25, 0.3) is 0 Å². The SMILES string of the molecule is CCCNC(CCCC1CCCO1)Cc1ccccc1Br. The number of hydrogen-bond donors (Lipinski definition) is 1. The predicted molar refractivity (Wildman–Crippen MR) is 92.8 cm³/mol. The topological polar surface area (TPSA) is 21.3 Å². The van der Waals surface area contributed by atoms with E-state index < -0.39 is 0 Å². The lowest BCUT2D eigenvalue weighted by Crippen LogP contribution is -2.32. The van der Waals surface area contributed by atoms with Crippen molar-refractivity contribution >= 4 is 15.9 Å². The van der Waals surface area contributed by atoms with Crippen LogP contribution in [0, 0.1) is 0 Å². The largest absolute Gasteiger partial charge is 0.378 e. The Balaban J connectivity index is 1.80. The molecule has 2 rings (SSSR count). The number of halogens is 1. The van der Waals surface area contributed by atoms with E-state index in [4.69, 9.17) is 4.74 Å². The Morgan fingerprint density at radius 3 is 2.95 bits per heavy atom. The van der Waals surface area contributed by atoms with Gasteiger partial charge in [-0.15, -0.1) is 0 Å². The molecule has 0 bridgehead atoms. The minimum absolute atomic E-state index is 0.528. The number of benzene rings is 1. The number of nitrogens with one attached hydrogen (secondary N) is 1. The molecule has 0 spiro atoms. The van der Waals surface area contributed by atoms with E-state index >= 15 is 0 Å². The molecule has 1 heterocycles. The van der Waals surface area contributed by atoms with E-state index in [1.165, 1.54) is 48.6 Å². The van der Waals surface area contributed by atoms with E-state index in [1.54, 1.807) is 0 Å². The lowest BCUT2D eigenvalue weighted by Gasteiger charge is -2.20. The minimum Gasteiger partial charge on any atom is -0.378 e.